The smallest absolute Gasteiger partial charge is 0.313 e. The van der Waals surface area contributed by atoms with Gasteiger partial charge in [-0.2, -0.15) is 0 Å². The largest absolute Gasteiger partial charge is 0.347 e. The summed E-state index contributed by atoms with van der Waals surface area (Å²) in [7, 11) is 0. The van der Waals surface area contributed by atoms with E-state index in [9.17, 15) is 18.8 Å². The summed E-state index contributed by atoms with van der Waals surface area (Å²) in [5.74, 6) is -1.43. The van der Waals surface area contributed by atoms with Gasteiger partial charge in [-0.15, -0.1) is 0 Å². The molecule has 3 amide bonds. The number of carbonyl (C=O) groups excluding carboxylic acids is 3. The maximum atomic E-state index is 12.9. The minimum absolute atomic E-state index is 0.161. The topological polar surface area (TPSA) is 78.5 Å². The Morgan fingerprint density at radius 3 is 2.53 bits per heavy atom. The molecule has 4 rings (SSSR count). The number of hydrogen-bond donors (Lipinski definition) is 2. The first-order chi connectivity index (χ1) is 14.5. The Kier molecular flexibility index (Phi) is 5.79. The number of benzene rings is 2. The van der Waals surface area contributed by atoms with Gasteiger partial charge in [-0.3, -0.25) is 14.4 Å². The molecule has 1 aliphatic carbocycles. The van der Waals surface area contributed by atoms with Gasteiger partial charge in [0, 0.05) is 30.4 Å². The highest BCUT2D eigenvalue weighted by Gasteiger charge is 2.35. The molecule has 0 saturated heterocycles. The van der Waals surface area contributed by atoms with Crippen LogP contribution in [0.2, 0.25) is 0 Å². The first kappa shape index (κ1) is 20.1. The lowest BCUT2D eigenvalue weighted by Gasteiger charge is -2.30. The Balaban J connectivity index is 1.32. The molecule has 30 heavy (non-hydrogen) atoms. The Bertz CT molecular complexity index is 970. The molecule has 1 heterocycles. The predicted octanol–water partition coefficient (Wildman–Crippen LogP) is 2.81. The van der Waals surface area contributed by atoms with E-state index in [1.807, 2.05) is 17.0 Å². The molecule has 2 aromatic carbocycles. The second-order valence-corrected chi connectivity index (χ2v) is 7.80. The summed E-state index contributed by atoms with van der Waals surface area (Å²) >= 11 is 0. The monoisotopic (exact) mass is 409 g/mol. The van der Waals surface area contributed by atoms with Crippen LogP contribution >= 0.6 is 0 Å². The highest BCUT2D eigenvalue weighted by Crippen LogP contribution is 2.36. The van der Waals surface area contributed by atoms with Gasteiger partial charge in [0.25, 0.3) is 0 Å². The molecule has 0 unspecified atom stereocenters. The first-order valence-corrected chi connectivity index (χ1v) is 10.3. The maximum absolute atomic E-state index is 12.9. The Hall–Kier alpha value is -3.22. The van der Waals surface area contributed by atoms with Gasteiger partial charge in [0.2, 0.25) is 5.91 Å². The fourth-order valence-electron chi connectivity index (χ4n) is 3.69. The van der Waals surface area contributed by atoms with E-state index in [-0.39, 0.29) is 24.2 Å². The summed E-state index contributed by atoms with van der Waals surface area (Å²) in [6, 6.07) is 11.4. The van der Waals surface area contributed by atoms with Crippen molar-refractivity contribution in [3.63, 3.8) is 0 Å². The van der Waals surface area contributed by atoms with Gasteiger partial charge in [-0.1, -0.05) is 12.1 Å². The molecule has 0 spiro atoms. The maximum Gasteiger partial charge on any atom is 0.313 e. The lowest BCUT2D eigenvalue weighted by atomic mass is 10.0. The zero-order valence-corrected chi connectivity index (χ0v) is 16.6. The number of halogens is 1. The molecule has 0 atom stereocenters. The van der Waals surface area contributed by atoms with E-state index in [0.29, 0.717) is 12.1 Å². The molecule has 1 saturated carbocycles. The average molecular weight is 409 g/mol. The van der Waals surface area contributed by atoms with Crippen molar-refractivity contribution in [1.29, 1.82) is 0 Å². The van der Waals surface area contributed by atoms with E-state index in [0.717, 1.165) is 49.0 Å². The zero-order valence-electron chi connectivity index (χ0n) is 16.6. The quantitative estimate of drug-likeness (QED) is 0.746. The molecule has 2 aromatic rings. The van der Waals surface area contributed by atoms with Gasteiger partial charge >= 0.3 is 11.8 Å². The van der Waals surface area contributed by atoms with Crippen molar-refractivity contribution in [2.45, 2.75) is 32.1 Å². The van der Waals surface area contributed by atoms with Gasteiger partial charge in [-0.05, 0) is 73.6 Å². The molecule has 2 N–H and O–H groups in total. The number of anilines is 2. The highest BCUT2D eigenvalue weighted by molar-refractivity contribution is 6.39. The summed E-state index contributed by atoms with van der Waals surface area (Å²) in [5, 5.41) is 5.19. The van der Waals surface area contributed by atoms with Crippen molar-refractivity contribution in [3.05, 3.63) is 59.4 Å². The van der Waals surface area contributed by atoms with Crippen LogP contribution < -0.4 is 15.5 Å². The minimum Gasteiger partial charge on any atom is -0.347 e. The molecule has 1 aliphatic heterocycles. The molecule has 1 fully saturated rings. The fourth-order valence-corrected chi connectivity index (χ4v) is 3.69. The summed E-state index contributed by atoms with van der Waals surface area (Å²) < 4.78 is 12.9. The van der Waals surface area contributed by atoms with Gasteiger partial charge in [0.1, 0.15) is 5.82 Å². The SMILES string of the molecule is O=C(NCCc1ccc(F)cc1)C(=O)Nc1ccc2c(c1)CCCN2C(=O)C1CC1. The summed E-state index contributed by atoms with van der Waals surface area (Å²) in [6.45, 7) is 1.00. The van der Waals surface area contributed by atoms with Crippen LogP contribution in [0.15, 0.2) is 42.5 Å². The van der Waals surface area contributed by atoms with Crippen molar-refractivity contribution in [2.75, 3.05) is 23.3 Å². The van der Waals surface area contributed by atoms with E-state index < -0.39 is 11.8 Å². The van der Waals surface area contributed by atoms with Crippen LogP contribution in [-0.4, -0.2) is 30.8 Å². The highest BCUT2D eigenvalue weighted by atomic mass is 19.1. The van der Waals surface area contributed by atoms with E-state index >= 15 is 0 Å². The van der Waals surface area contributed by atoms with Gasteiger partial charge < -0.3 is 15.5 Å². The van der Waals surface area contributed by atoms with Crippen LogP contribution in [0.3, 0.4) is 0 Å². The van der Waals surface area contributed by atoms with E-state index in [2.05, 4.69) is 10.6 Å². The van der Waals surface area contributed by atoms with E-state index in [1.165, 1.54) is 12.1 Å². The number of rotatable bonds is 5. The van der Waals surface area contributed by atoms with Crippen LogP contribution in [-0.2, 0) is 27.2 Å². The second-order valence-electron chi connectivity index (χ2n) is 7.80. The number of fused-ring (bicyclic) bond motifs is 1. The van der Waals surface area contributed by atoms with Crippen LogP contribution in [0.25, 0.3) is 0 Å². The molecule has 7 heteroatoms. The van der Waals surface area contributed by atoms with Crippen LogP contribution in [0.4, 0.5) is 15.8 Å². The van der Waals surface area contributed by atoms with Gasteiger partial charge in [0.05, 0.1) is 0 Å². The number of amides is 3. The van der Waals surface area contributed by atoms with Crippen molar-refractivity contribution in [3.8, 4) is 0 Å². The zero-order chi connectivity index (χ0) is 21.1. The number of carbonyl (C=O) groups is 3. The average Bonchev–Trinajstić information content (AvgIpc) is 3.59. The summed E-state index contributed by atoms with van der Waals surface area (Å²) in [5.41, 5.74) is 3.31. The standard InChI is InChI=1S/C23H24FN3O3/c24-18-7-3-15(4-8-18)11-12-25-21(28)22(29)26-19-9-10-20-17(14-19)2-1-13-27(20)23(30)16-5-6-16/h3-4,7-10,14,16H,1-2,5-6,11-13H2,(H,25,28)(H,26,29). The van der Waals surface area contributed by atoms with E-state index in [1.54, 1.807) is 18.2 Å². The lowest BCUT2D eigenvalue weighted by molar-refractivity contribution is -0.136. The Labute approximate surface area is 174 Å². The molecule has 0 aromatic heterocycles. The molecule has 0 bridgehead atoms. The third kappa shape index (κ3) is 4.67. The first-order valence-electron chi connectivity index (χ1n) is 10.3. The van der Waals surface area contributed by atoms with Gasteiger partial charge in [-0.25, -0.2) is 4.39 Å². The number of nitrogens with one attached hydrogen (secondary N) is 2. The van der Waals surface area contributed by atoms with Crippen LogP contribution in [0.1, 0.15) is 30.4 Å². The molecule has 156 valence electrons. The lowest BCUT2D eigenvalue weighted by Crippen LogP contribution is -2.37. The molecule has 2 aliphatic rings. The van der Waals surface area contributed by atoms with Crippen molar-refractivity contribution >= 4 is 29.1 Å². The molecule has 0 radical (unpaired) electrons. The molecular formula is C23H24FN3O3. The van der Waals surface area contributed by atoms with Crippen molar-refractivity contribution < 1.29 is 18.8 Å². The summed E-state index contributed by atoms with van der Waals surface area (Å²) in [4.78, 5) is 38.6. The Morgan fingerprint density at radius 2 is 1.80 bits per heavy atom. The third-order valence-electron chi connectivity index (χ3n) is 5.47. The van der Waals surface area contributed by atoms with E-state index in [4.69, 9.17) is 0 Å². The number of hydrogen-bond acceptors (Lipinski definition) is 3. The number of nitrogens with zero attached hydrogens (tertiary/aromatic N) is 1. The number of aryl methyl sites for hydroxylation is 1. The normalized spacial score (nSPS) is 15.3. The minimum atomic E-state index is -0.740. The second kappa shape index (κ2) is 8.65. The van der Waals surface area contributed by atoms with Crippen LogP contribution in [0.5, 0.6) is 0 Å². The Morgan fingerprint density at radius 1 is 1.03 bits per heavy atom. The summed E-state index contributed by atoms with van der Waals surface area (Å²) in [6.07, 6.45) is 4.15. The third-order valence-corrected chi connectivity index (χ3v) is 5.47. The predicted molar refractivity (Wildman–Crippen MR) is 112 cm³/mol. The molecule has 6 nitrogen and oxygen atoms in total. The van der Waals surface area contributed by atoms with Crippen molar-refractivity contribution in [2.24, 2.45) is 5.92 Å². The van der Waals surface area contributed by atoms with Crippen LogP contribution in [0, 0.1) is 11.7 Å². The molecular weight excluding hydrogens is 385 g/mol. The fraction of sp³-hybridized carbons (Fsp3) is 0.348. The van der Waals surface area contributed by atoms with Gasteiger partial charge in [0.15, 0.2) is 0 Å². The van der Waals surface area contributed by atoms with Crippen molar-refractivity contribution in [1.82, 2.24) is 5.32 Å².